The number of fused-ring (bicyclic) bond motifs is 1. The molecule has 2 unspecified atom stereocenters. The van der Waals surface area contributed by atoms with E-state index in [-0.39, 0.29) is 23.3 Å². The van der Waals surface area contributed by atoms with Crippen molar-refractivity contribution in [2.24, 2.45) is 13.0 Å². The van der Waals surface area contributed by atoms with E-state index < -0.39 is 10.1 Å². The maximum atomic E-state index is 12.9. The van der Waals surface area contributed by atoms with Crippen LogP contribution in [0.15, 0.2) is 71.9 Å². The Labute approximate surface area is 257 Å². The number of piperidine rings is 1. The zero-order valence-corrected chi connectivity index (χ0v) is 26.0. The maximum absolute atomic E-state index is 12.9. The van der Waals surface area contributed by atoms with Crippen molar-refractivity contribution in [3.8, 4) is 0 Å². The average Bonchev–Trinajstić information content (AvgIpc) is 3.33. The summed E-state index contributed by atoms with van der Waals surface area (Å²) in [4.78, 5) is 14.3. The fraction of sp³-hybridized carbons (Fsp3) is 0.312. The molecule has 44 heavy (non-hydrogen) atoms. The van der Waals surface area contributed by atoms with Crippen LogP contribution in [0.1, 0.15) is 34.7 Å². The fourth-order valence-corrected chi connectivity index (χ4v) is 6.60. The van der Waals surface area contributed by atoms with E-state index in [1.165, 1.54) is 0 Å². The van der Waals surface area contributed by atoms with E-state index in [0.29, 0.717) is 24.0 Å². The number of aryl methyl sites for hydroxylation is 4. The highest BCUT2D eigenvalue weighted by Gasteiger charge is 2.31. The second kappa shape index (κ2) is 12.3. The summed E-state index contributed by atoms with van der Waals surface area (Å²) in [7, 11) is -2.02. The molecule has 6 rings (SSSR count). The van der Waals surface area contributed by atoms with Crippen molar-refractivity contribution in [2.75, 3.05) is 30.3 Å². The third kappa shape index (κ3) is 6.14. The molecule has 1 aliphatic rings. The predicted octanol–water partition coefficient (Wildman–Crippen LogP) is 5.27. The number of nitrogens with zero attached hydrogens (tertiary/aromatic N) is 5. The van der Waals surface area contributed by atoms with E-state index in [4.69, 9.17) is 14.2 Å². The second-order valence-electron chi connectivity index (χ2n) is 11.3. The quantitative estimate of drug-likeness (QED) is 0.189. The molecule has 0 radical (unpaired) electrons. The molecule has 1 aliphatic heterocycles. The third-order valence-electron chi connectivity index (χ3n) is 8.11. The van der Waals surface area contributed by atoms with E-state index >= 15 is 0 Å². The number of para-hydroxylation sites is 1. The van der Waals surface area contributed by atoms with Gasteiger partial charge in [0.25, 0.3) is 10.1 Å². The SMILES string of the molecule is Cc1ccc(S(=O)(=O)OCC2CCNCC2c2ncccc2Nc2ncc3c(Nc4c(C)cccc4C)nn(C)c3n2)cc1. The zero-order chi connectivity index (χ0) is 30.8. The van der Waals surface area contributed by atoms with E-state index in [1.54, 1.807) is 41.3 Å². The zero-order valence-electron chi connectivity index (χ0n) is 25.2. The smallest absolute Gasteiger partial charge is 0.296 e. The van der Waals surface area contributed by atoms with Gasteiger partial charge in [0.2, 0.25) is 5.95 Å². The van der Waals surface area contributed by atoms with Gasteiger partial charge in [-0.2, -0.15) is 18.5 Å². The molecule has 2 aromatic carbocycles. The minimum absolute atomic E-state index is 0.0617. The molecule has 1 saturated heterocycles. The lowest BCUT2D eigenvalue weighted by Gasteiger charge is -2.32. The van der Waals surface area contributed by atoms with Crippen molar-refractivity contribution in [2.45, 2.75) is 38.0 Å². The van der Waals surface area contributed by atoms with Gasteiger partial charge in [0.1, 0.15) is 0 Å². The van der Waals surface area contributed by atoms with Gasteiger partial charge in [-0.3, -0.25) is 9.17 Å². The van der Waals surface area contributed by atoms with Crippen molar-refractivity contribution in [1.29, 1.82) is 0 Å². The van der Waals surface area contributed by atoms with Crippen molar-refractivity contribution < 1.29 is 12.6 Å². The largest absolute Gasteiger partial charge is 0.338 e. The first-order chi connectivity index (χ1) is 21.2. The number of hydrogen-bond acceptors (Lipinski definition) is 10. The number of nitrogens with one attached hydrogen (secondary N) is 3. The van der Waals surface area contributed by atoms with Crippen LogP contribution < -0.4 is 16.0 Å². The van der Waals surface area contributed by atoms with Crippen LogP contribution in [-0.4, -0.2) is 52.8 Å². The Morgan fingerprint density at radius 2 is 1.77 bits per heavy atom. The Bertz CT molecular complexity index is 1890. The van der Waals surface area contributed by atoms with Crippen LogP contribution in [-0.2, 0) is 21.3 Å². The molecule has 11 nitrogen and oxygen atoms in total. The van der Waals surface area contributed by atoms with Crippen molar-refractivity contribution in [3.63, 3.8) is 0 Å². The predicted molar refractivity (Wildman–Crippen MR) is 171 cm³/mol. The summed E-state index contributed by atoms with van der Waals surface area (Å²) in [6.07, 6.45) is 4.25. The van der Waals surface area contributed by atoms with Gasteiger partial charge in [0, 0.05) is 37.6 Å². The first-order valence-corrected chi connectivity index (χ1v) is 16.0. The number of rotatable bonds is 9. The number of aromatic nitrogens is 5. The van der Waals surface area contributed by atoms with Crippen LogP contribution in [0.5, 0.6) is 0 Å². The van der Waals surface area contributed by atoms with E-state index in [0.717, 1.165) is 52.1 Å². The van der Waals surface area contributed by atoms with E-state index in [9.17, 15) is 8.42 Å². The fourth-order valence-electron chi connectivity index (χ4n) is 5.64. The van der Waals surface area contributed by atoms with E-state index in [2.05, 4.69) is 52.0 Å². The normalized spacial score (nSPS) is 17.1. The molecule has 0 bridgehead atoms. The molecule has 1 fully saturated rings. The van der Waals surface area contributed by atoms with Gasteiger partial charge in [-0.15, -0.1) is 0 Å². The van der Waals surface area contributed by atoms with Crippen molar-refractivity contribution in [3.05, 3.63) is 89.4 Å². The lowest BCUT2D eigenvalue weighted by molar-refractivity contribution is 0.197. The maximum Gasteiger partial charge on any atom is 0.296 e. The first kappa shape index (κ1) is 29.7. The summed E-state index contributed by atoms with van der Waals surface area (Å²) in [6.45, 7) is 7.50. The topological polar surface area (TPSA) is 136 Å². The molecule has 3 N–H and O–H groups in total. The second-order valence-corrected chi connectivity index (χ2v) is 12.9. The summed E-state index contributed by atoms with van der Waals surface area (Å²) >= 11 is 0. The highest BCUT2D eigenvalue weighted by atomic mass is 32.2. The molecular weight excluding hydrogens is 576 g/mol. The Balaban J connectivity index is 1.23. The van der Waals surface area contributed by atoms with Crippen LogP contribution in [0.4, 0.5) is 23.1 Å². The molecule has 0 amide bonds. The Morgan fingerprint density at radius 1 is 1.00 bits per heavy atom. The summed E-state index contributed by atoms with van der Waals surface area (Å²) in [5.74, 6) is 0.942. The molecule has 228 valence electrons. The highest BCUT2D eigenvalue weighted by molar-refractivity contribution is 7.86. The first-order valence-electron chi connectivity index (χ1n) is 14.6. The molecule has 12 heteroatoms. The van der Waals surface area contributed by atoms with Crippen LogP contribution in [0.25, 0.3) is 11.0 Å². The monoisotopic (exact) mass is 612 g/mol. The minimum atomic E-state index is -3.88. The number of pyridine rings is 1. The highest BCUT2D eigenvalue weighted by Crippen LogP contribution is 2.35. The molecule has 0 saturated carbocycles. The van der Waals surface area contributed by atoms with Crippen LogP contribution in [0.3, 0.4) is 0 Å². The molecule has 2 atom stereocenters. The van der Waals surface area contributed by atoms with Crippen LogP contribution in [0, 0.1) is 26.7 Å². The van der Waals surface area contributed by atoms with Crippen LogP contribution >= 0.6 is 0 Å². The van der Waals surface area contributed by atoms with Gasteiger partial charge in [0.05, 0.1) is 28.3 Å². The van der Waals surface area contributed by atoms with Crippen molar-refractivity contribution >= 4 is 44.3 Å². The van der Waals surface area contributed by atoms with Gasteiger partial charge in [-0.05, 0) is 75.0 Å². The number of benzene rings is 2. The van der Waals surface area contributed by atoms with E-state index in [1.807, 2.05) is 32.2 Å². The van der Waals surface area contributed by atoms with Crippen molar-refractivity contribution in [1.82, 2.24) is 30.0 Å². The summed E-state index contributed by atoms with van der Waals surface area (Å²) in [6, 6.07) is 16.6. The lowest BCUT2D eigenvalue weighted by Crippen LogP contribution is -2.38. The molecular formula is C32H36N8O3S. The third-order valence-corrected chi connectivity index (χ3v) is 9.41. The number of hydrogen-bond donors (Lipinski definition) is 3. The van der Waals surface area contributed by atoms with Gasteiger partial charge in [-0.1, -0.05) is 35.9 Å². The number of anilines is 4. The lowest BCUT2D eigenvalue weighted by atomic mass is 9.84. The van der Waals surface area contributed by atoms with Gasteiger partial charge in [-0.25, -0.2) is 9.67 Å². The van der Waals surface area contributed by atoms with Gasteiger partial charge in [0.15, 0.2) is 11.5 Å². The molecule has 0 aliphatic carbocycles. The summed E-state index contributed by atoms with van der Waals surface area (Å²) in [5, 5.41) is 15.7. The molecule has 0 spiro atoms. The Hall–Kier alpha value is -4.39. The standard InChI is InChI=1S/C32H36N8O3S/c1-20-10-12-24(13-11-20)44(41,42)43-19-23-14-16-33-17-25(23)29-27(9-6-15-34-29)36-32-35-18-26-30(39-40(4)31(26)38-32)37-28-21(2)7-5-8-22(28)3/h5-13,15,18,23,25,33H,14,16-17,19H2,1-4H3,(H,37,39)(H,35,36,38). The molecule has 4 heterocycles. The summed E-state index contributed by atoms with van der Waals surface area (Å²) < 4.78 is 33.1. The summed E-state index contributed by atoms with van der Waals surface area (Å²) in [5.41, 5.74) is 6.48. The molecule has 5 aromatic rings. The Morgan fingerprint density at radius 3 is 2.55 bits per heavy atom. The average molecular weight is 613 g/mol. The minimum Gasteiger partial charge on any atom is -0.338 e. The van der Waals surface area contributed by atoms with Crippen LogP contribution in [0.2, 0.25) is 0 Å². The molecule has 3 aromatic heterocycles. The Kier molecular flexibility index (Phi) is 8.30. The van der Waals surface area contributed by atoms with Gasteiger partial charge < -0.3 is 16.0 Å². The van der Waals surface area contributed by atoms with Gasteiger partial charge >= 0.3 is 0 Å².